The molecule has 15 heavy (non-hydrogen) atoms. The number of hydrogen-bond acceptors (Lipinski definition) is 2. The zero-order chi connectivity index (χ0) is 11.9. The Morgan fingerprint density at radius 1 is 1.40 bits per heavy atom. The molecule has 3 nitrogen and oxygen atoms in total. The average molecular weight is 208 g/mol. The molecule has 0 saturated heterocycles. The van der Waals surface area contributed by atoms with E-state index in [1.54, 1.807) is 6.08 Å². The highest BCUT2D eigenvalue weighted by molar-refractivity contribution is 5.80. The number of hydrogen-bond donors (Lipinski definition) is 1. The summed E-state index contributed by atoms with van der Waals surface area (Å²) in [6, 6.07) is 0. The van der Waals surface area contributed by atoms with Gasteiger partial charge in [-0.3, -0.25) is 0 Å². The number of aliphatic carboxylic acids is 1. The molecule has 0 spiro atoms. The molecule has 1 N–H and O–H groups in total. The lowest BCUT2D eigenvalue weighted by molar-refractivity contribution is -0.131. The van der Waals surface area contributed by atoms with Crippen LogP contribution in [0, 0.1) is 17.4 Å². The van der Waals surface area contributed by atoms with Gasteiger partial charge in [0.25, 0.3) is 0 Å². The van der Waals surface area contributed by atoms with Crippen molar-refractivity contribution < 1.29 is 14.6 Å². The molecule has 0 amide bonds. The van der Waals surface area contributed by atoms with Crippen LogP contribution in [0.3, 0.4) is 0 Å². The molecule has 0 aromatic rings. The van der Waals surface area contributed by atoms with Crippen molar-refractivity contribution in [2.24, 2.45) is 5.41 Å². The fraction of sp³-hybridized carbons (Fsp3) is 0.417. The van der Waals surface area contributed by atoms with Crippen molar-refractivity contribution in [3.63, 3.8) is 0 Å². The Balaban J connectivity index is 4.87. The number of carbonyl (C=O) groups is 1. The van der Waals surface area contributed by atoms with Crippen LogP contribution < -0.4 is 0 Å². The number of allylic oxidation sites excluding steroid dienone is 3. The van der Waals surface area contributed by atoms with E-state index in [9.17, 15) is 4.79 Å². The number of methoxy groups -OCH3 is 1. The minimum Gasteiger partial charge on any atom is -0.478 e. The third-order valence-electron chi connectivity index (χ3n) is 1.60. The van der Waals surface area contributed by atoms with Gasteiger partial charge in [0.15, 0.2) is 0 Å². The maximum atomic E-state index is 10.3. The summed E-state index contributed by atoms with van der Waals surface area (Å²) in [4.78, 5) is 10.3. The lowest BCUT2D eigenvalue weighted by Gasteiger charge is -2.17. The molecule has 0 rings (SSSR count). The monoisotopic (exact) mass is 208 g/mol. The van der Waals surface area contributed by atoms with Crippen LogP contribution in [0.4, 0.5) is 0 Å². The first-order valence-electron chi connectivity index (χ1n) is 4.53. The summed E-state index contributed by atoms with van der Waals surface area (Å²) >= 11 is 0. The van der Waals surface area contributed by atoms with Crippen LogP contribution in [0.1, 0.15) is 20.8 Å². The minimum atomic E-state index is -0.973. The van der Waals surface area contributed by atoms with Gasteiger partial charge in [0.2, 0.25) is 0 Å². The SMILES string of the molecule is COC#C/C(=C\C=C/C(=O)O)C(C)(C)C. The van der Waals surface area contributed by atoms with E-state index in [0.29, 0.717) is 0 Å². The summed E-state index contributed by atoms with van der Waals surface area (Å²) in [7, 11) is 1.49. The Kier molecular flexibility index (Phi) is 5.25. The van der Waals surface area contributed by atoms with E-state index in [2.05, 4.69) is 16.8 Å². The largest absolute Gasteiger partial charge is 0.478 e. The molecule has 0 fully saturated rings. The van der Waals surface area contributed by atoms with Gasteiger partial charge in [0, 0.05) is 11.6 Å². The van der Waals surface area contributed by atoms with E-state index in [1.165, 1.54) is 13.2 Å². The van der Waals surface area contributed by atoms with Crippen LogP contribution in [0.2, 0.25) is 0 Å². The van der Waals surface area contributed by atoms with Crippen LogP contribution in [0.25, 0.3) is 0 Å². The van der Waals surface area contributed by atoms with E-state index in [1.807, 2.05) is 20.8 Å². The molecule has 0 aromatic carbocycles. The van der Waals surface area contributed by atoms with Crippen LogP contribution in [0.15, 0.2) is 23.8 Å². The van der Waals surface area contributed by atoms with Crippen molar-refractivity contribution in [1.29, 1.82) is 0 Å². The van der Waals surface area contributed by atoms with Gasteiger partial charge >= 0.3 is 5.97 Å². The molecule has 0 aliphatic heterocycles. The second kappa shape index (κ2) is 5.92. The van der Waals surface area contributed by atoms with Gasteiger partial charge in [0.1, 0.15) is 6.11 Å². The molecule has 0 aliphatic carbocycles. The summed E-state index contributed by atoms with van der Waals surface area (Å²) in [6.45, 7) is 5.99. The van der Waals surface area contributed by atoms with Crippen molar-refractivity contribution in [2.45, 2.75) is 20.8 Å². The molecule has 0 aromatic heterocycles. The van der Waals surface area contributed by atoms with Gasteiger partial charge < -0.3 is 9.84 Å². The molecule has 0 radical (unpaired) electrons. The number of rotatable bonds is 2. The van der Waals surface area contributed by atoms with Crippen molar-refractivity contribution in [1.82, 2.24) is 0 Å². The molecule has 0 atom stereocenters. The molecular weight excluding hydrogens is 192 g/mol. The van der Waals surface area contributed by atoms with Gasteiger partial charge in [-0.1, -0.05) is 26.8 Å². The summed E-state index contributed by atoms with van der Waals surface area (Å²) < 4.78 is 4.65. The van der Waals surface area contributed by atoms with Gasteiger partial charge in [0.05, 0.1) is 7.11 Å². The quantitative estimate of drug-likeness (QED) is 0.430. The number of ether oxygens (including phenoxy) is 1. The standard InChI is InChI=1S/C12H16O3/c1-12(2,3)10(8-9-15-4)6-5-7-11(13)14/h5-7H,1-4H3,(H,13,14)/b7-5-,10-6+. The molecule has 0 unspecified atom stereocenters. The lowest BCUT2D eigenvalue weighted by atomic mass is 9.86. The third-order valence-corrected chi connectivity index (χ3v) is 1.60. The molecule has 0 bridgehead atoms. The van der Waals surface area contributed by atoms with E-state index < -0.39 is 5.97 Å². The first-order valence-corrected chi connectivity index (χ1v) is 4.53. The summed E-state index contributed by atoms with van der Waals surface area (Å²) in [5, 5.41) is 8.43. The van der Waals surface area contributed by atoms with Crippen molar-refractivity contribution >= 4 is 5.97 Å². The predicted octanol–water partition coefficient (Wildman–Crippen LogP) is 2.21. The van der Waals surface area contributed by atoms with E-state index >= 15 is 0 Å². The summed E-state index contributed by atoms with van der Waals surface area (Å²) in [5.74, 6) is 1.85. The topological polar surface area (TPSA) is 46.5 Å². The van der Waals surface area contributed by atoms with E-state index in [4.69, 9.17) is 5.11 Å². The normalized spacial score (nSPS) is 12.1. The second-order valence-corrected chi connectivity index (χ2v) is 3.96. The molecule has 82 valence electrons. The molecule has 0 aliphatic rings. The Bertz CT molecular complexity index is 332. The number of carboxylic acid groups (broad SMARTS) is 1. The summed E-state index contributed by atoms with van der Waals surface area (Å²) in [6.07, 6.45) is 6.71. The van der Waals surface area contributed by atoms with E-state index in [-0.39, 0.29) is 5.41 Å². The maximum Gasteiger partial charge on any atom is 0.328 e. The Morgan fingerprint density at radius 2 is 2.00 bits per heavy atom. The predicted molar refractivity (Wildman–Crippen MR) is 59.1 cm³/mol. The fourth-order valence-corrected chi connectivity index (χ4v) is 0.812. The highest BCUT2D eigenvalue weighted by atomic mass is 16.5. The maximum absolute atomic E-state index is 10.3. The second-order valence-electron chi connectivity index (χ2n) is 3.96. The van der Waals surface area contributed by atoms with Crippen LogP contribution in [-0.4, -0.2) is 18.2 Å². The fourth-order valence-electron chi connectivity index (χ4n) is 0.812. The van der Waals surface area contributed by atoms with Gasteiger partial charge in [-0.25, -0.2) is 4.79 Å². The van der Waals surface area contributed by atoms with Crippen LogP contribution in [0.5, 0.6) is 0 Å². The number of carboxylic acids is 1. The summed E-state index contributed by atoms with van der Waals surface area (Å²) in [5.41, 5.74) is 0.691. The van der Waals surface area contributed by atoms with Gasteiger partial charge in [-0.15, -0.1) is 0 Å². The zero-order valence-electron chi connectivity index (χ0n) is 9.50. The smallest absolute Gasteiger partial charge is 0.328 e. The lowest BCUT2D eigenvalue weighted by Crippen LogP contribution is -2.07. The van der Waals surface area contributed by atoms with Crippen LogP contribution in [-0.2, 0) is 9.53 Å². The highest BCUT2D eigenvalue weighted by Gasteiger charge is 2.14. The van der Waals surface area contributed by atoms with Gasteiger partial charge in [-0.05, 0) is 17.4 Å². The first kappa shape index (κ1) is 13.3. The Morgan fingerprint density at radius 3 is 2.40 bits per heavy atom. The van der Waals surface area contributed by atoms with Gasteiger partial charge in [-0.2, -0.15) is 0 Å². The van der Waals surface area contributed by atoms with Crippen LogP contribution >= 0.6 is 0 Å². The molecular formula is C12H16O3. The highest BCUT2D eigenvalue weighted by Crippen LogP contribution is 2.24. The first-order chi connectivity index (χ1) is 6.88. The molecule has 3 heteroatoms. The van der Waals surface area contributed by atoms with E-state index in [0.717, 1.165) is 11.6 Å². The average Bonchev–Trinajstić information content (AvgIpc) is 2.08. The minimum absolute atomic E-state index is 0.131. The van der Waals surface area contributed by atoms with Crippen molar-refractivity contribution in [3.05, 3.63) is 23.8 Å². The van der Waals surface area contributed by atoms with Crippen molar-refractivity contribution in [3.8, 4) is 12.0 Å². The molecule has 0 heterocycles. The zero-order valence-corrected chi connectivity index (χ0v) is 9.50. The Labute approximate surface area is 90.4 Å². The Hall–Kier alpha value is -1.69. The molecule has 0 saturated carbocycles. The third kappa shape index (κ3) is 6.39. The van der Waals surface area contributed by atoms with Crippen molar-refractivity contribution in [2.75, 3.05) is 7.11 Å².